The molecule has 0 aliphatic heterocycles. The molecule has 0 saturated carbocycles. The molecule has 1 aromatic carbocycles. The summed E-state index contributed by atoms with van der Waals surface area (Å²) in [6.07, 6.45) is 6.29. The molecule has 0 fully saturated rings. The Hall–Kier alpha value is -0.890. The van der Waals surface area contributed by atoms with E-state index in [1.807, 2.05) is 6.07 Å². The Kier molecular flexibility index (Phi) is 3.94. The van der Waals surface area contributed by atoms with Gasteiger partial charge in [0, 0.05) is 9.58 Å². The number of unbranched alkanes of at least 4 members (excludes halogenated alkanes) is 3. The van der Waals surface area contributed by atoms with E-state index in [4.69, 9.17) is 0 Å². The van der Waals surface area contributed by atoms with E-state index in [0.717, 1.165) is 11.8 Å². The molecular formula is C14H17FS. The molecule has 2 aromatic rings. The molecule has 0 spiro atoms. The van der Waals surface area contributed by atoms with Crippen LogP contribution < -0.4 is 0 Å². The lowest BCUT2D eigenvalue weighted by atomic mass is 10.1. The van der Waals surface area contributed by atoms with Gasteiger partial charge in [-0.25, -0.2) is 4.39 Å². The summed E-state index contributed by atoms with van der Waals surface area (Å²) in [5.74, 6) is -0.136. The number of fused-ring (bicyclic) bond motifs is 1. The molecule has 0 N–H and O–H groups in total. The van der Waals surface area contributed by atoms with Gasteiger partial charge in [0.15, 0.2) is 0 Å². The van der Waals surface area contributed by atoms with Gasteiger partial charge >= 0.3 is 0 Å². The Bertz CT molecular complexity index is 459. The quantitative estimate of drug-likeness (QED) is 0.629. The smallest absolute Gasteiger partial charge is 0.123 e. The van der Waals surface area contributed by atoms with E-state index < -0.39 is 0 Å². The van der Waals surface area contributed by atoms with Crippen LogP contribution >= 0.6 is 11.3 Å². The van der Waals surface area contributed by atoms with Gasteiger partial charge < -0.3 is 0 Å². The van der Waals surface area contributed by atoms with Crippen LogP contribution in [0.1, 0.15) is 37.5 Å². The maximum atomic E-state index is 13.0. The van der Waals surface area contributed by atoms with Crippen molar-refractivity contribution in [3.8, 4) is 0 Å². The van der Waals surface area contributed by atoms with Gasteiger partial charge in [-0.3, -0.25) is 0 Å². The lowest BCUT2D eigenvalue weighted by Gasteiger charge is -1.96. The maximum Gasteiger partial charge on any atom is 0.123 e. The van der Waals surface area contributed by atoms with E-state index in [2.05, 4.69) is 13.0 Å². The first kappa shape index (κ1) is 11.6. The minimum Gasteiger partial charge on any atom is -0.207 e. The summed E-state index contributed by atoms with van der Waals surface area (Å²) in [7, 11) is 0. The lowest BCUT2D eigenvalue weighted by Crippen LogP contribution is -1.80. The fourth-order valence-corrected chi connectivity index (χ4v) is 3.00. The third kappa shape index (κ3) is 2.82. The number of hydrogen-bond donors (Lipinski definition) is 0. The number of benzene rings is 1. The minimum absolute atomic E-state index is 0.136. The highest BCUT2D eigenvalue weighted by Crippen LogP contribution is 2.27. The fraction of sp³-hybridized carbons (Fsp3) is 0.429. The molecule has 2 rings (SSSR count). The zero-order valence-corrected chi connectivity index (χ0v) is 10.4. The summed E-state index contributed by atoms with van der Waals surface area (Å²) in [5, 5.41) is 1.05. The van der Waals surface area contributed by atoms with Crippen molar-refractivity contribution in [1.29, 1.82) is 0 Å². The number of thiophene rings is 1. The van der Waals surface area contributed by atoms with E-state index in [1.165, 1.54) is 35.3 Å². The van der Waals surface area contributed by atoms with Gasteiger partial charge in [0.25, 0.3) is 0 Å². The highest BCUT2D eigenvalue weighted by Gasteiger charge is 2.02. The fourth-order valence-electron chi connectivity index (χ4n) is 1.92. The van der Waals surface area contributed by atoms with Crippen LogP contribution in [0.5, 0.6) is 0 Å². The molecule has 1 heterocycles. The summed E-state index contributed by atoms with van der Waals surface area (Å²) < 4.78 is 14.2. The second kappa shape index (κ2) is 5.44. The maximum absolute atomic E-state index is 13.0. The van der Waals surface area contributed by atoms with Gasteiger partial charge in [0.2, 0.25) is 0 Å². The van der Waals surface area contributed by atoms with Crippen molar-refractivity contribution < 1.29 is 4.39 Å². The van der Waals surface area contributed by atoms with Crippen molar-refractivity contribution in [3.05, 3.63) is 35.0 Å². The van der Waals surface area contributed by atoms with Gasteiger partial charge in [-0.1, -0.05) is 26.2 Å². The second-order valence-corrected chi connectivity index (χ2v) is 5.37. The van der Waals surface area contributed by atoms with Crippen LogP contribution in [0, 0.1) is 5.82 Å². The Labute approximate surface area is 100 Å². The molecule has 0 atom stereocenters. The van der Waals surface area contributed by atoms with E-state index in [0.29, 0.717) is 0 Å². The Morgan fingerprint density at radius 3 is 2.81 bits per heavy atom. The van der Waals surface area contributed by atoms with Gasteiger partial charge in [-0.15, -0.1) is 11.3 Å². The lowest BCUT2D eigenvalue weighted by molar-refractivity contribution is 0.630. The van der Waals surface area contributed by atoms with Crippen molar-refractivity contribution in [2.45, 2.75) is 39.0 Å². The molecular weight excluding hydrogens is 219 g/mol. The van der Waals surface area contributed by atoms with Crippen LogP contribution in [-0.2, 0) is 6.42 Å². The van der Waals surface area contributed by atoms with Crippen molar-refractivity contribution in [2.75, 3.05) is 0 Å². The standard InChI is InChI=1S/C14H17FS/c1-2-3-4-5-6-13-10-11-9-12(15)7-8-14(11)16-13/h7-10H,2-6H2,1H3. The predicted octanol–water partition coefficient (Wildman–Crippen LogP) is 5.16. The molecule has 0 nitrogen and oxygen atoms in total. The van der Waals surface area contributed by atoms with Crippen LogP contribution in [0.3, 0.4) is 0 Å². The van der Waals surface area contributed by atoms with Crippen LogP contribution in [-0.4, -0.2) is 0 Å². The van der Waals surface area contributed by atoms with Gasteiger partial charge in [-0.05, 0) is 42.5 Å². The first-order valence-corrected chi connectivity index (χ1v) is 6.79. The Morgan fingerprint density at radius 2 is 2.00 bits per heavy atom. The van der Waals surface area contributed by atoms with Crippen LogP contribution in [0.15, 0.2) is 24.3 Å². The number of aryl methyl sites for hydroxylation is 1. The average Bonchev–Trinajstić information content (AvgIpc) is 2.66. The first-order chi connectivity index (χ1) is 7.79. The normalized spacial score (nSPS) is 11.1. The molecule has 0 unspecified atom stereocenters. The molecule has 16 heavy (non-hydrogen) atoms. The molecule has 86 valence electrons. The average molecular weight is 236 g/mol. The summed E-state index contributed by atoms with van der Waals surface area (Å²) in [6, 6.07) is 7.18. The molecule has 0 amide bonds. The number of hydrogen-bond acceptors (Lipinski definition) is 1. The zero-order valence-electron chi connectivity index (χ0n) is 9.63. The van der Waals surface area contributed by atoms with E-state index in [-0.39, 0.29) is 5.82 Å². The van der Waals surface area contributed by atoms with Gasteiger partial charge in [0.1, 0.15) is 5.82 Å². The monoisotopic (exact) mass is 236 g/mol. The first-order valence-electron chi connectivity index (χ1n) is 5.97. The third-order valence-corrected chi connectivity index (χ3v) is 3.98. The van der Waals surface area contributed by atoms with E-state index in [9.17, 15) is 4.39 Å². The van der Waals surface area contributed by atoms with E-state index in [1.54, 1.807) is 23.5 Å². The largest absolute Gasteiger partial charge is 0.207 e. The van der Waals surface area contributed by atoms with Crippen molar-refractivity contribution >= 4 is 21.4 Å². The van der Waals surface area contributed by atoms with Crippen molar-refractivity contribution in [2.24, 2.45) is 0 Å². The molecule has 0 radical (unpaired) electrons. The molecule has 0 aliphatic rings. The molecule has 0 bridgehead atoms. The number of rotatable bonds is 5. The highest BCUT2D eigenvalue weighted by atomic mass is 32.1. The third-order valence-electron chi connectivity index (χ3n) is 2.81. The zero-order chi connectivity index (χ0) is 11.4. The predicted molar refractivity (Wildman–Crippen MR) is 69.6 cm³/mol. The molecule has 0 aliphatic carbocycles. The number of halogens is 1. The minimum atomic E-state index is -0.136. The molecule has 1 aromatic heterocycles. The van der Waals surface area contributed by atoms with Gasteiger partial charge in [-0.2, -0.15) is 0 Å². The van der Waals surface area contributed by atoms with Crippen molar-refractivity contribution in [3.63, 3.8) is 0 Å². The SMILES string of the molecule is CCCCCCc1cc2cc(F)ccc2s1. The van der Waals surface area contributed by atoms with Crippen LogP contribution in [0.4, 0.5) is 4.39 Å². The Morgan fingerprint density at radius 1 is 1.12 bits per heavy atom. The highest BCUT2D eigenvalue weighted by molar-refractivity contribution is 7.19. The molecule has 2 heteroatoms. The summed E-state index contributed by atoms with van der Waals surface area (Å²) in [4.78, 5) is 1.39. The van der Waals surface area contributed by atoms with E-state index >= 15 is 0 Å². The summed E-state index contributed by atoms with van der Waals surface area (Å²) >= 11 is 1.80. The van der Waals surface area contributed by atoms with Crippen LogP contribution in [0.25, 0.3) is 10.1 Å². The van der Waals surface area contributed by atoms with Crippen LogP contribution in [0.2, 0.25) is 0 Å². The van der Waals surface area contributed by atoms with Gasteiger partial charge in [0.05, 0.1) is 0 Å². The molecule has 0 saturated heterocycles. The summed E-state index contributed by atoms with van der Waals surface area (Å²) in [6.45, 7) is 2.22. The topological polar surface area (TPSA) is 0 Å². The Balaban J connectivity index is 2.02. The second-order valence-electron chi connectivity index (χ2n) is 4.21. The van der Waals surface area contributed by atoms with Crippen molar-refractivity contribution in [1.82, 2.24) is 0 Å². The summed E-state index contributed by atoms with van der Waals surface area (Å²) in [5.41, 5.74) is 0.